The van der Waals surface area contributed by atoms with Crippen molar-refractivity contribution < 1.29 is 9.90 Å². The number of hydrogen-bond donors (Lipinski definition) is 1. The Labute approximate surface area is 120 Å². The molecule has 2 atom stereocenters. The molecule has 2 rings (SSSR count). The van der Waals surface area contributed by atoms with Crippen LogP contribution in [0.5, 0.6) is 0 Å². The maximum atomic E-state index is 12.3. The molecular formula is C16H22N2O2. The summed E-state index contributed by atoms with van der Waals surface area (Å²) in [5.74, 6) is -0.207. The lowest BCUT2D eigenvalue weighted by molar-refractivity contribution is -0.137. The van der Waals surface area contributed by atoms with Crippen LogP contribution in [0.15, 0.2) is 35.4 Å². The van der Waals surface area contributed by atoms with E-state index in [1.54, 1.807) is 13.8 Å². The van der Waals surface area contributed by atoms with Crippen LogP contribution >= 0.6 is 0 Å². The van der Waals surface area contributed by atoms with Crippen molar-refractivity contribution in [1.82, 2.24) is 5.01 Å². The van der Waals surface area contributed by atoms with E-state index in [2.05, 4.69) is 5.10 Å². The summed E-state index contributed by atoms with van der Waals surface area (Å²) in [6, 6.07) is 9.76. The number of hydrogen-bond acceptors (Lipinski definition) is 3. The summed E-state index contributed by atoms with van der Waals surface area (Å²) in [7, 11) is 0. The Morgan fingerprint density at radius 2 is 1.80 bits per heavy atom. The monoisotopic (exact) mass is 274 g/mol. The van der Waals surface area contributed by atoms with Crippen molar-refractivity contribution in [2.24, 2.45) is 16.9 Å². The summed E-state index contributed by atoms with van der Waals surface area (Å²) in [5, 5.41) is 16.1. The number of carbonyl (C=O) groups excluding carboxylic acids is 1. The van der Waals surface area contributed by atoms with Crippen molar-refractivity contribution >= 4 is 11.6 Å². The summed E-state index contributed by atoms with van der Waals surface area (Å²) in [4.78, 5) is 12.3. The molecule has 1 N–H and O–H groups in total. The number of amides is 1. The van der Waals surface area contributed by atoms with Crippen molar-refractivity contribution in [2.45, 2.75) is 39.8 Å². The third-order valence-corrected chi connectivity index (χ3v) is 3.86. The van der Waals surface area contributed by atoms with Gasteiger partial charge in [0.05, 0.1) is 17.9 Å². The normalized spacial score (nSPS) is 23.8. The lowest BCUT2D eigenvalue weighted by Crippen LogP contribution is -2.48. The molecule has 1 aliphatic rings. The molecule has 0 saturated carbocycles. The quantitative estimate of drug-likeness (QED) is 0.920. The van der Waals surface area contributed by atoms with Crippen LogP contribution in [0.4, 0.5) is 0 Å². The van der Waals surface area contributed by atoms with Gasteiger partial charge in [0.2, 0.25) is 5.91 Å². The minimum Gasteiger partial charge on any atom is -0.384 e. The van der Waals surface area contributed by atoms with Gasteiger partial charge in [-0.2, -0.15) is 5.10 Å². The molecule has 0 saturated heterocycles. The molecule has 0 unspecified atom stereocenters. The third-order valence-electron chi connectivity index (χ3n) is 3.86. The van der Waals surface area contributed by atoms with Crippen LogP contribution in [-0.4, -0.2) is 27.3 Å². The van der Waals surface area contributed by atoms with E-state index in [0.29, 0.717) is 12.3 Å². The van der Waals surface area contributed by atoms with Gasteiger partial charge >= 0.3 is 0 Å². The molecule has 0 fully saturated rings. The highest BCUT2D eigenvalue weighted by atomic mass is 16.3. The van der Waals surface area contributed by atoms with Crippen LogP contribution in [-0.2, 0) is 11.3 Å². The second kappa shape index (κ2) is 5.37. The standard InChI is InChI=1S/C16H22N2O2/c1-11-12(2)15(19)18(17-14(11)16(3,4)20)10-13-8-6-5-7-9-13/h5-9,11-12,20H,10H2,1-4H3/t11-,12-/m1/s1. The SMILES string of the molecule is C[C@H]1C(=O)N(Cc2ccccc2)N=C(C(C)(C)O)[C@@H]1C. The van der Waals surface area contributed by atoms with E-state index < -0.39 is 5.60 Å². The highest BCUT2D eigenvalue weighted by Gasteiger charge is 2.39. The fourth-order valence-electron chi connectivity index (χ4n) is 2.51. The van der Waals surface area contributed by atoms with Crippen LogP contribution in [0.1, 0.15) is 33.3 Å². The second-order valence-electron chi connectivity index (χ2n) is 6.00. The van der Waals surface area contributed by atoms with Gasteiger partial charge in [0.15, 0.2) is 0 Å². The molecule has 0 bridgehead atoms. The average molecular weight is 274 g/mol. The van der Waals surface area contributed by atoms with Crippen LogP contribution in [0.3, 0.4) is 0 Å². The van der Waals surface area contributed by atoms with Crippen LogP contribution < -0.4 is 0 Å². The topological polar surface area (TPSA) is 52.9 Å². The molecule has 1 amide bonds. The Bertz CT molecular complexity index is 517. The predicted molar refractivity (Wildman–Crippen MR) is 79.1 cm³/mol. The Balaban J connectivity index is 2.31. The van der Waals surface area contributed by atoms with E-state index in [-0.39, 0.29) is 17.7 Å². The molecule has 4 heteroatoms. The fraction of sp³-hybridized carbons (Fsp3) is 0.500. The van der Waals surface area contributed by atoms with E-state index in [1.807, 2.05) is 44.2 Å². The number of nitrogens with zero attached hydrogens (tertiary/aromatic N) is 2. The van der Waals surface area contributed by atoms with Gasteiger partial charge in [-0.05, 0) is 19.4 Å². The van der Waals surface area contributed by atoms with Gasteiger partial charge in [0.25, 0.3) is 0 Å². The summed E-state index contributed by atoms with van der Waals surface area (Å²) in [6.07, 6.45) is 0. The van der Waals surface area contributed by atoms with Gasteiger partial charge in [-0.15, -0.1) is 0 Å². The molecule has 4 nitrogen and oxygen atoms in total. The number of carbonyl (C=O) groups is 1. The van der Waals surface area contributed by atoms with Gasteiger partial charge in [-0.25, -0.2) is 5.01 Å². The van der Waals surface area contributed by atoms with Crippen molar-refractivity contribution in [1.29, 1.82) is 0 Å². The molecule has 0 radical (unpaired) electrons. The van der Waals surface area contributed by atoms with Crippen LogP contribution in [0.25, 0.3) is 0 Å². The molecule has 1 aliphatic heterocycles. The first-order valence-electron chi connectivity index (χ1n) is 6.97. The zero-order valence-electron chi connectivity index (χ0n) is 12.5. The van der Waals surface area contributed by atoms with E-state index in [4.69, 9.17) is 0 Å². The molecule has 1 aromatic carbocycles. The maximum absolute atomic E-state index is 12.3. The van der Waals surface area contributed by atoms with Gasteiger partial charge in [-0.1, -0.05) is 44.2 Å². The smallest absolute Gasteiger partial charge is 0.246 e. The molecule has 0 aromatic heterocycles. The van der Waals surface area contributed by atoms with Crippen LogP contribution in [0, 0.1) is 11.8 Å². The van der Waals surface area contributed by atoms with Gasteiger partial charge in [-0.3, -0.25) is 4.79 Å². The third kappa shape index (κ3) is 2.90. The number of benzene rings is 1. The van der Waals surface area contributed by atoms with E-state index in [9.17, 15) is 9.90 Å². The first-order valence-corrected chi connectivity index (χ1v) is 6.97. The Morgan fingerprint density at radius 1 is 1.20 bits per heavy atom. The van der Waals surface area contributed by atoms with E-state index >= 15 is 0 Å². The van der Waals surface area contributed by atoms with Crippen LogP contribution in [0.2, 0.25) is 0 Å². The largest absolute Gasteiger partial charge is 0.384 e. The Morgan fingerprint density at radius 3 is 2.35 bits per heavy atom. The number of hydrazone groups is 1. The highest BCUT2D eigenvalue weighted by molar-refractivity contribution is 5.99. The number of rotatable bonds is 3. The second-order valence-corrected chi connectivity index (χ2v) is 6.00. The summed E-state index contributed by atoms with van der Waals surface area (Å²) in [5.41, 5.74) is 0.686. The molecular weight excluding hydrogens is 252 g/mol. The first-order chi connectivity index (χ1) is 9.30. The highest BCUT2D eigenvalue weighted by Crippen LogP contribution is 2.28. The zero-order valence-corrected chi connectivity index (χ0v) is 12.5. The van der Waals surface area contributed by atoms with Gasteiger partial charge in [0.1, 0.15) is 0 Å². The number of aliphatic hydroxyl groups is 1. The maximum Gasteiger partial charge on any atom is 0.246 e. The van der Waals surface area contributed by atoms with Crippen molar-refractivity contribution in [3.8, 4) is 0 Å². The summed E-state index contributed by atoms with van der Waals surface area (Å²) in [6.45, 7) is 7.71. The molecule has 108 valence electrons. The molecule has 0 aliphatic carbocycles. The summed E-state index contributed by atoms with van der Waals surface area (Å²) >= 11 is 0. The van der Waals surface area contributed by atoms with Gasteiger partial charge < -0.3 is 5.11 Å². The molecule has 20 heavy (non-hydrogen) atoms. The van der Waals surface area contributed by atoms with Gasteiger partial charge in [0, 0.05) is 11.8 Å². The molecule has 1 heterocycles. The lowest BCUT2D eigenvalue weighted by atomic mass is 9.82. The predicted octanol–water partition coefficient (Wildman–Crippen LogP) is 2.43. The van der Waals surface area contributed by atoms with E-state index in [1.165, 1.54) is 5.01 Å². The minimum absolute atomic E-state index is 0.00866. The lowest BCUT2D eigenvalue weighted by Gasteiger charge is -2.36. The first kappa shape index (κ1) is 14.7. The summed E-state index contributed by atoms with van der Waals surface area (Å²) < 4.78 is 0. The molecule has 0 spiro atoms. The Kier molecular flexibility index (Phi) is 3.95. The average Bonchev–Trinajstić information content (AvgIpc) is 2.39. The Hall–Kier alpha value is -1.68. The van der Waals surface area contributed by atoms with Crippen molar-refractivity contribution in [3.63, 3.8) is 0 Å². The fourth-order valence-corrected chi connectivity index (χ4v) is 2.51. The van der Waals surface area contributed by atoms with E-state index in [0.717, 1.165) is 5.56 Å². The van der Waals surface area contributed by atoms with Crippen molar-refractivity contribution in [3.05, 3.63) is 35.9 Å². The minimum atomic E-state index is -1.01. The van der Waals surface area contributed by atoms with Crippen molar-refractivity contribution in [2.75, 3.05) is 0 Å². The molecule has 1 aromatic rings. The zero-order chi connectivity index (χ0) is 14.9.